The summed E-state index contributed by atoms with van der Waals surface area (Å²) < 4.78 is 0. The van der Waals surface area contributed by atoms with E-state index in [1.807, 2.05) is 37.3 Å². The summed E-state index contributed by atoms with van der Waals surface area (Å²) in [7, 11) is 0. The predicted molar refractivity (Wildman–Crippen MR) is 85.4 cm³/mol. The second-order valence-corrected chi connectivity index (χ2v) is 4.93. The minimum absolute atomic E-state index is 0.412. The molecule has 0 amide bonds. The van der Waals surface area contributed by atoms with Crippen LogP contribution in [0.1, 0.15) is 30.6 Å². The molecule has 1 atom stereocenters. The minimum atomic E-state index is -0.562. The third-order valence-corrected chi connectivity index (χ3v) is 3.27. The zero-order valence-corrected chi connectivity index (χ0v) is 12.5. The van der Waals surface area contributed by atoms with Crippen molar-refractivity contribution in [1.82, 2.24) is 9.97 Å². The van der Waals surface area contributed by atoms with Gasteiger partial charge in [0.1, 0.15) is 18.0 Å². The standard InChI is InChI=1S/C16H22N4O/c1-3-9-17-15-12(2)16(20-11-19-15)18-10-14(21)13-7-5-4-6-8-13/h4-8,11,14,21H,3,9-10H2,1-2H3,(H2,17,18,19,20). The van der Waals surface area contributed by atoms with Crippen LogP contribution in [0, 0.1) is 6.92 Å². The Kier molecular flexibility index (Phi) is 5.51. The fourth-order valence-corrected chi connectivity index (χ4v) is 2.04. The van der Waals surface area contributed by atoms with Crippen LogP contribution < -0.4 is 10.6 Å². The van der Waals surface area contributed by atoms with E-state index < -0.39 is 6.10 Å². The van der Waals surface area contributed by atoms with Gasteiger partial charge in [-0.05, 0) is 18.9 Å². The Hall–Kier alpha value is -2.14. The lowest BCUT2D eigenvalue weighted by atomic mass is 10.1. The van der Waals surface area contributed by atoms with E-state index in [1.165, 1.54) is 6.33 Å². The lowest BCUT2D eigenvalue weighted by molar-refractivity contribution is 0.191. The molecular weight excluding hydrogens is 264 g/mol. The van der Waals surface area contributed by atoms with Crippen molar-refractivity contribution < 1.29 is 5.11 Å². The number of nitrogens with one attached hydrogen (secondary N) is 2. The molecule has 0 saturated carbocycles. The monoisotopic (exact) mass is 286 g/mol. The van der Waals surface area contributed by atoms with Crippen molar-refractivity contribution in [2.45, 2.75) is 26.4 Å². The summed E-state index contributed by atoms with van der Waals surface area (Å²) in [6.07, 6.45) is 2.01. The number of nitrogens with zero attached hydrogens (tertiary/aromatic N) is 2. The van der Waals surface area contributed by atoms with Crippen molar-refractivity contribution in [3.05, 3.63) is 47.8 Å². The summed E-state index contributed by atoms with van der Waals surface area (Å²) in [5.74, 6) is 1.59. The second kappa shape index (κ2) is 7.59. The number of benzene rings is 1. The maximum Gasteiger partial charge on any atom is 0.134 e. The SMILES string of the molecule is CCCNc1ncnc(NCC(O)c2ccccc2)c1C. The van der Waals surface area contributed by atoms with Crippen LogP contribution in [0.4, 0.5) is 11.6 Å². The highest BCUT2D eigenvalue weighted by Crippen LogP contribution is 2.19. The largest absolute Gasteiger partial charge is 0.387 e. The van der Waals surface area contributed by atoms with E-state index in [-0.39, 0.29) is 0 Å². The number of hydrogen-bond acceptors (Lipinski definition) is 5. The Bertz CT molecular complexity index is 559. The highest BCUT2D eigenvalue weighted by molar-refractivity contribution is 5.56. The van der Waals surface area contributed by atoms with Gasteiger partial charge in [0.15, 0.2) is 0 Å². The molecule has 21 heavy (non-hydrogen) atoms. The molecule has 5 nitrogen and oxygen atoms in total. The van der Waals surface area contributed by atoms with Gasteiger partial charge in [-0.15, -0.1) is 0 Å². The maximum absolute atomic E-state index is 10.2. The zero-order chi connectivity index (χ0) is 15.1. The van der Waals surface area contributed by atoms with Crippen molar-refractivity contribution in [1.29, 1.82) is 0 Å². The number of hydrogen-bond donors (Lipinski definition) is 3. The molecule has 0 radical (unpaired) electrons. The predicted octanol–water partition coefficient (Wildman–Crippen LogP) is 2.75. The Morgan fingerprint density at radius 1 is 1.10 bits per heavy atom. The molecule has 2 rings (SSSR count). The summed E-state index contributed by atoms with van der Waals surface area (Å²) in [5, 5.41) is 16.6. The Balaban J connectivity index is 2.00. The molecule has 112 valence electrons. The molecule has 3 N–H and O–H groups in total. The lowest BCUT2D eigenvalue weighted by Crippen LogP contribution is -2.15. The average Bonchev–Trinajstić information content (AvgIpc) is 2.53. The Morgan fingerprint density at radius 2 is 1.76 bits per heavy atom. The van der Waals surface area contributed by atoms with Gasteiger partial charge < -0.3 is 15.7 Å². The molecule has 1 unspecified atom stereocenters. The highest BCUT2D eigenvalue weighted by Gasteiger charge is 2.10. The third kappa shape index (κ3) is 4.16. The van der Waals surface area contributed by atoms with Crippen molar-refractivity contribution in [3.63, 3.8) is 0 Å². The van der Waals surface area contributed by atoms with Crippen LogP contribution in [0.5, 0.6) is 0 Å². The van der Waals surface area contributed by atoms with Gasteiger partial charge in [0, 0.05) is 18.7 Å². The summed E-state index contributed by atoms with van der Waals surface area (Å²) in [5.41, 5.74) is 1.85. The average molecular weight is 286 g/mol. The van der Waals surface area contributed by atoms with E-state index in [1.54, 1.807) is 0 Å². The number of aliphatic hydroxyl groups excluding tert-OH is 1. The summed E-state index contributed by atoms with van der Waals surface area (Å²) in [6.45, 7) is 5.37. The van der Waals surface area contributed by atoms with E-state index >= 15 is 0 Å². The van der Waals surface area contributed by atoms with Crippen molar-refractivity contribution in [3.8, 4) is 0 Å². The quantitative estimate of drug-likeness (QED) is 0.730. The van der Waals surface area contributed by atoms with Crippen molar-refractivity contribution in [2.75, 3.05) is 23.7 Å². The molecule has 1 aromatic carbocycles. The fraction of sp³-hybridized carbons (Fsp3) is 0.375. The van der Waals surface area contributed by atoms with Crippen molar-refractivity contribution in [2.24, 2.45) is 0 Å². The fourth-order valence-electron chi connectivity index (χ4n) is 2.04. The van der Waals surface area contributed by atoms with Gasteiger partial charge in [0.2, 0.25) is 0 Å². The van der Waals surface area contributed by atoms with Gasteiger partial charge in [0.05, 0.1) is 6.10 Å². The first-order valence-corrected chi connectivity index (χ1v) is 7.24. The van der Waals surface area contributed by atoms with Crippen LogP contribution in [-0.4, -0.2) is 28.2 Å². The molecule has 0 fully saturated rings. The zero-order valence-electron chi connectivity index (χ0n) is 12.5. The summed E-state index contributed by atoms with van der Waals surface area (Å²) in [4.78, 5) is 8.48. The first-order chi connectivity index (χ1) is 10.2. The van der Waals surface area contributed by atoms with Crippen LogP contribution >= 0.6 is 0 Å². The van der Waals surface area contributed by atoms with Crippen molar-refractivity contribution >= 4 is 11.6 Å². The highest BCUT2D eigenvalue weighted by atomic mass is 16.3. The summed E-state index contributed by atoms with van der Waals surface area (Å²) >= 11 is 0. The molecule has 1 heterocycles. The van der Waals surface area contributed by atoms with Crippen LogP contribution in [0.25, 0.3) is 0 Å². The first-order valence-electron chi connectivity index (χ1n) is 7.24. The molecule has 2 aromatic rings. The number of anilines is 2. The topological polar surface area (TPSA) is 70.1 Å². The van der Waals surface area contributed by atoms with E-state index in [0.717, 1.165) is 35.7 Å². The van der Waals surface area contributed by atoms with Crippen LogP contribution in [0.3, 0.4) is 0 Å². The molecule has 0 bridgehead atoms. The number of aliphatic hydroxyl groups is 1. The second-order valence-electron chi connectivity index (χ2n) is 4.93. The maximum atomic E-state index is 10.2. The molecule has 0 aliphatic rings. The minimum Gasteiger partial charge on any atom is -0.387 e. The Morgan fingerprint density at radius 3 is 2.43 bits per heavy atom. The van der Waals surface area contributed by atoms with Gasteiger partial charge in [-0.25, -0.2) is 9.97 Å². The van der Waals surface area contributed by atoms with Crippen LogP contribution in [0.2, 0.25) is 0 Å². The van der Waals surface area contributed by atoms with Gasteiger partial charge in [-0.2, -0.15) is 0 Å². The molecule has 0 aliphatic carbocycles. The summed E-state index contributed by atoms with van der Waals surface area (Å²) in [6, 6.07) is 9.59. The smallest absolute Gasteiger partial charge is 0.134 e. The first kappa shape index (κ1) is 15.3. The normalized spacial score (nSPS) is 12.0. The van der Waals surface area contributed by atoms with Gasteiger partial charge in [-0.3, -0.25) is 0 Å². The number of rotatable bonds is 7. The van der Waals surface area contributed by atoms with Gasteiger partial charge >= 0.3 is 0 Å². The molecule has 0 saturated heterocycles. The lowest BCUT2D eigenvalue weighted by Gasteiger charge is -2.15. The molecule has 0 spiro atoms. The molecule has 0 aliphatic heterocycles. The molecular formula is C16H22N4O. The third-order valence-electron chi connectivity index (χ3n) is 3.27. The van der Waals surface area contributed by atoms with E-state index in [0.29, 0.717) is 6.54 Å². The Labute approximate surface area is 125 Å². The van der Waals surface area contributed by atoms with Gasteiger partial charge in [0.25, 0.3) is 0 Å². The van der Waals surface area contributed by atoms with Gasteiger partial charge in [-0.1, -0.05) is 37.3 Å². The van der Waals surface area contributed by atoms with Crippen LogP contribution in [-0.2, 0) is 0 Å². The van der Waals surface area contributed by atoms with E-state index in [9.17, 15) is 5.11 Å². The molecule has 1 aromatic heterocycles. The van der Waals surface area contributed by atoms with E-state index in [4.69, 9.17) is 0 Å². The number of aromatic nitrogens is 2. The van der Waals surface area contributed by atoms with Crippen LogP contribution in [0.15, 0.2) is 36.7 Å². The van der Waals surface area contributed by atoms with E-state index in [2.05, 4.69) is 27.5 Å². The molecule has 5 heteroatoms.